The molecule has 6 heteroatoms. The molecule has 1 atom stereocenters. The minimum Gasteiger partial charge on any atom is -0.346 e. The first-order valence-corrected chi connectivity index (χ1v) is 12.4. The number of nitrogens with zero attached hydrogens (tertiary/aromatic N) is 1. The SMILES string of the molecule is Cc1ccc(C)c(N(Cc2ccc(C(=O)NC(C)c3ccccc3C)cc2)S(C)(=O)=O)c1. The standard InChI is InChI=1S/C26H30N2O3S/c1-18-10-11-20(3)25(16-18)28(32(5,30)31)17-22-12-14-23(15-13-22)26(29)27-21(4)24-9-7-6-8-19(24)2/h6-16,21H,17H2,1-5H3,(H,27,29). The summed E-state index contributed by atoms with van der Waals surface area (Å²) in [6, 6.07) is 20.7. The Bertz CT molecular complexity index is 1220. The maximum absolute atomic E-state index is 12.7. The summed E-state index contributed by atoms with van der Waals surface area (Å²) in [5, 5.41) is 3.03. The van der Waals surface area contributed by atoms with Crippen molar-refractivity contribution in [3.05, 3.63) is 100 Å². The lowest BCUT2D eigenvalue weighted by Gasteiger charge is -2.25. The number of aryl methyl sites for hydroxylation is 3. The predicted molar refractivity (Wildman–Crippen MR) is 130 cm³/mol. The van der Waals surface area contributed by atoms with Crippen molar-refractivity contribution in [1.29, 1.82) is 0 Å². The smallest absolute Gasteiger partial charge is 0.251 e. The van der Waals surface area contributed by atoms with Crippen molar-refractivity contribution in [3.8, 4) is 0 Å². The van der Waals surface area contributed by atoms with Crippen molar-refractivity contribution in [2.75, 3.05) is 10.6 Å². The van der Waals surface area contributed by atoms with Crippen LogP contribution in [0.5, 0.6) is 0 Å². The van der Waals surface area contributed by atoms with E-state index in [0.29, 0.717) is 11.3 Å². The average Bonchev–Trinajstić information content (AvgIpc) is 2.73. The van der Waals surface area contributed by atoms with E-state index >= 15 is 0 Å². The van der Waals surface area contributed by atoms with Crippen molar-refractivity contribution < 1.29 is 13.2 Å². The molecule has 0 fully saturated rings. The summed E-state index contributed by atoms with van der Waals surface area (Å²) in [6.45, 7) is 8.02. The van der Waals surface area contributed by atoms with Gasteiger partial charge < -0.3 is 5.32 Å². The fourth-order valence-electron chi connectivity index (χ4n) is 3.73. The van der Waals surface area contributed by atoms with E-state index in [-0.39, 0.29) is 18.5 Å². The van der Waals surface area contributed by atoms with E-state index in [4.69, 9.17) is 0 Å². The van der Waals surface area contributed by atoms with Gasteiger partial charge in [-0.2, -0.15) is 0 Å². The van der Waals surface area contributed by atoms with Gasteiger partial charge in [0, 0.05) is 5.56 Å². The second-order valence-electron chi connectivity index (χ2n) is 8.31. The van der Waals surface area contributed by atoms with Crippen molar-refractivity contribution in [1.82, 2.24) is 5.32 Å². The highest BCUT2D eigenvalue weighted by atomic mass is 32.2. The molecular formula is C26H30N2O3S. The minimum atomic E-state index is -3.48. The molecule has 168 valence electrons. The van der Waals surface area contributed by atoms with Crippen LogP contribution in [-0.2, 0) is 16.6 Å². The molecule has 0 bridgehead atoms. The van der Waals surface area contributed by atoms with Gasteiger partial charge in [-0.1, -0.05) is 48.5 Å². The Morgan fingerprint density at radius 1 is 0.938 bits per heavy atom. The largest absolute Gasteiger partial charge is 0.346 e. The molecule has 1 N–H and O–H groups in total. The topological polar surface area (TPSA) is 66.5 Å². The lowest BCUT2D eigenvalue weighted by molar-refractivity contribution is 0.0940. The Kier molecular flexibility index (Phi) is 7.04. The van der Waals surface area contributed by atoms with Crippen LogP contribution in [0, 0.1) is 20.8 Å². The van der Waals surface area contributed by atoms with Crippen molar-refractivity contribution in [2.24, 2.45) is 0 Å². The van der Waals surface area contributed by atoms with E-state index in [0.717, 1.165) is 27.8 Å². The van der Waals surface area contributed by atoms with Crippen LogP contribution in [0.1, 0.15) is 51.1 Å². The Balaban J connectivity index is 1.77. The van der Waals surface area contributed by atoms with Crippen LogP contribution < -0.4 is 9.62 Å². The maximum atomic E-state index is 12.7. The number of sulfonamides is 1. The van der Waals surface area contributed by atoms with Crippen molar-refractivity contribution >= 4 is 21.6 Å². The summed E-state index contributed by atoms with van der Waals surface area (Å²) in [5.74, 6) is -0.165. The number of nitrogens with one attached hydrogen (secondary N) is 1. The zero-order chi connectivity index (χ0) is 23.5. The molecule has 0 saturated carbocycles. The highest BCUT2D eigenvalue weighted by Crippen LogP contribution is 2.26. The minimum absolute atomic E-state index is 0.117. The van der Waals surface area contributed by atoms with Crippen LogP contribution in [0.15, 0.2) is 66.7 Å². The number of carbonyl (C=O) groups is 1. The van der Waals surface area contributed by atoms with Crippen molar-refractivity contribution in [2.45, 2.75) is 40.3 Å². The maximum Gasteiger partial charge on any atom is 0.251 e. The van der Waals surface area contributed by atoms with Gasteiger partial charge in [0.25, 0.3) is 5.91 Å². The van der Waals surface area contributed by atoms with E-state index < -0.39 is 10.0 Å². The van der Waals surface area contributed by atoms with Crippen LogP contribution in [0.2, 0.25) is 0 Å². The second kappa shape index (κ2) is 9.57. The third-order valence-corrected chi connectivity index (χ3v) is 6.70. The highest BCUT2D eigenvalue weighted by Gasteiger charge is 2.20. The molecule has 1 amide bonds. The molecule has 0 aliphatic carbocycles. The number of hydrogen-bond acceptors (Lipinski definition) is 3. The molecule has 0 spiro atoms. The van der Waals surface area contributed by atoms with Gasteiger partial charge in [0.15, 0.2) is 0 Å². The number of hydrogen-bond donors (Lipinski definition) is 1. The number of anilines is 1. The number of benzene rings is 3. The molecule has 3 aromatic rings. The molecule has 0 radical (unpaired) electrons. The summed E-state index contributed by atoms with van der Waals surface area (Å²) in [5.41, 5.74) is 6.10. The van der Waals surface area contributed by atoms with Gasteiger partial charge in [0.1, 0.15) is 0 Å². The van der Waals surface area contributed by atoms with E-state index in [1.54, 1.807) is 24.3 Å². The zero-order valence-electron chi connectivity index (χ0n) is 19.2. The third-order valence-electron chi connectivity index (χ3n) is 5.58. The van der Waals surface area contributed by atoms with Gasteiger partial charge in [-0.3, -0.25) is 9.10 Å². The zero-order valence-corrected chi connectivity index (χ0v) is 20.0. The van der Waals surface area contributed by atoms with Gasteiger partial charge in [0.2, 0.25) is 10.0 Å². The Morgan fingerprint density at radius 2 is 1.59 bits per heavy atom. The summed E-state index contributed by atoms with van der Waals surface area (Å²) in [7, 11) is -3.48. The number of carbonyl (C=O) groups excluding carboxylic acids is 1. The molecule has 0 aromatic heterocycles. The molecule has 0 aliphatic rings. The van der Waals surface area contributed by atoms with Crippen LogP contribution >= 0.6 is 0 Å². The molecular weight excluding hydrogens is 420 g/mol. The summed E-state index contributed by atoms with van der Waals surface area (Å²) >= 11 is 0. The van der Waals surface area contributed by atoms with Crippen LogP contribution in [0.3, 0.4) is 0 Å². The van der Waals surface area contributed by atoms with Gasteiger partial charge >= 0.3 is 0 Å². The monoisotopic (exact) mass is 450 g/mol. The molecule has 0 heterocycles. The van der Waals surface area contributed by atoms with E-state index in [9.17, 15) is 13.2 Å². The van der Waals surface area contributed by atoms with E-state index in [2.05, 4.69) is 5.32 Å². The molecule has 5 nitrogen and oxygen atoms in total. The predicted octanol–water partition coefficient (Wildman–Crippen LogP) is 5.07. The molecule has 1 unspecified atom stereocenters. The summed E-state index contributed by atoms with van der Waals surface area (Å²) in [6.07, 6.45) is 1.21. The van der Waals surface area contributed by atoms with Crippen molar-refractivity contribution in [3.63, 3.8) is 0 Å². The van der Waals surface area contributed by atoms with Gasteiger partial charge in [-0.05, 0) is 73.7 Å². The Morgan fingerprint density at radius 3 is 2.22 bits per heavy atom. The number of rotatable bonds is 7. The fourth-order valence-corrected chi connectivity index (χ4v) is 4.66. The number of amides is 1. The first-order chi connectivity index (χ1) is 15.1. The lowest BCUT2D eigenvalue weighted by Crippen LogP contribution is -2.30. The van der Waals surface area contributed by atoms with Crippen LogP contribution in [0.4, 0.5) is 5.69 Å². The van der Waals surface area contributed by atoms with Gasteiger partial charge in [-0.15, -0.1) is 0 Å². The first kappa shape index (κ1) is 23.5. The second-order valence-corrected chi connectivity index (χ2v) is 10.2. The lowest BCUT2D eigenvalue weighted by atomic mass is 10.0. The highest BCUT2D eigenvalue weighted by molar-refractivity contribution is 7.92. The normalized spacial score (nSPS) is 12.3. The van der Waals surface area contributed by atoms with Crippen LogP contribution in [0.25, 0.3) is 0 Å². The Hall–Kier alpha value is -3.12. The fraction of sp³-hybridized carbons (Fsp3) is 0.269. The summed E-state index contributed by atoms with van der Waals surface area (Å²) in [4.78, 5) is 12.7. The molecule has 3 rings (SSSR count). The first-order valence-electron chi connectivity index (χ1n) is 10.6. The van der Waals surface area contributed by atoms with E-state index in [1.807, 2.05) is 70.2 Å². The van der Waals surface area contributed by atoms with E-state index in [1.165, 1.54) is 10.6 Å². The molecule has 0 saturated heterocycles. The Labute approximate surface area is 191 Å². The quantitative estimate of drug-likeness (QED) is 0.547. The average molecular weight is 451 g/mol. The molecule has 0 aliphatic heterocycles. The summed E-state index contributed by atoms with van der Waals surface area (Å²) < 4.78 is 26.4. The van der Waals surface area contributed by atoms with Gasteiger partial charge in [-0.25, -0.2) is 8.42 Å². The van der Waals surface area contributed by atoms with Gasteiger partial charge in [0.05, 0.1) is 24.5 Å². The third kappa shape index (κ3) is 5.56. The molecule has 3 aromatic carbocycles. The molecule has 32 heavy (non-hydrogen) atoms. The van der Waals surface area contributed by atoms with Crippen LogP contribution in [-0.4, -0.2) is 20.6 Å².